The maximum atomic E-state index is 2.43. The van der Waals surface area contributed by atoms with Crippen molar-refractivity contribution in [3.05, 3.63) is 0 Å². The lowest BCUT2D eigenvalue weighted by Crippen LogP contribution is -2.10. The molecule has 0 aliphatic heterocycles. The number of unbranched alkanes of at least 4 members (excludes halogenated alkanes) is 1. The average molecular weight is 212 g/mol. The van der Waals surface area contributed by atoms with Gasteiger partial charge in [-0.25, -0.2) is 0 Å². The Morgan fingerprint density at radius 3 is 1.73 bits per heavy atom. The Hall–Kier alpha value is 0. The fourth-order valence-corrected chi connectivity index (χ4v) is 2.05. The Morgan fingerprint density at radius 1 is 0.867 bits per heavy atom. The third-order valence-corrected chi connectivity index (χ3v) is 3.57. The molecule has 0 fully saturated rings. The van der Waals surface area contributed by atoms with Crippen LogP contribution in [0.2, 0.25) is 0 Å². The van der Waals surface area contributed by atoms with Gasteiger partial charge in [0.05, 0.1) is 0 Å². The van der Waals surface area contributed by atoms with Gasteiger partial charge in [0.15, 0.2) is 0 Å². The minimum absolute atomic E-state index is 0.520. The normalized spacial score (nSPS) is 16.4. The third-order valence-electron chi connectivity index (χ3n) is 3.57. The van der Waals surface area contributed by atoms with Gasteiger partial charge >= 0.3 is 0 Å². The lowest BCUT2D eigenvalue weighted by Gasteiger charge is -2.22. The molecule has 0 rings (SSSR count). The van der Waals surface area contributed by atoms with E-state index in [1.165, 1.54) is 38.5 Å². The van der Waals surface area contributed by atoms with Gasteiger partial charge in [-0.2, -0.15) is 0 Å². The van der Waals surface area contributed by atoms with E-state index in [4.69, 9.17) is 0 Å². The highest BCUT2D eigenvalue weighted by Gasteiger charge is 2.14. The molecule has 2 atom stereocenters. The minimum atomic E-state index is 0.520. The molecule has 0 amide bonds. The zero-order valence-electron chi connectivity index (χ0n) is 11.9. The fraction of sp³-hybridized carbons (Fsp3) is 1.00. The standard InChI is InChI=1S/C15H32/c1-7-8-10-13(2)14(3)11-9-12-15(4,5)6/h13-14H,7-12H2,1-6H3. The molecule has 0 bridgehead atoms. The van der Waals surface area contributed by atoms with E-state index in [0.29, 0.717) is 5.41 Å². The second-order valence-corrected chi connectivity index (χ2v) is 6.55. The topological polar surface area (TPSA) is 0 Å². The van der Waals surface area contributed by atoms with Crippen LogP contribution in [0.3, 0.4) is 0 Å². The van der Waals surface area contributed by atoms with Crippen LogP contribution in [0.1, 0.15) is 80.1 Å². The van der Waals surface area contributed by atoms with E-state index in [1.54, 1.807) is 0 Å². The molecule has 0 aliphatic carbocycles. The molecule has 0 heteroatoms. The Kier molecular flexibility index (Phi) is 7.30. The van der Waals surface area contributed by atoms with Crippen molar-refractivity contribution in [2.75, 3.05) is 0 Å². The summed E-state index contributed by atoms with van der Waals surface area (Å²) in [5.74, 6) is 1.84. The quantitative estimate of drug-likeness (QED) is 0.510. The second kappa shape index (κ2) is 7.30. The van der Waals surface area contributed by atoms with Gasteiger partial charge in [0, 0.05) is 0 Å². The first-order chi connectivity index (χ1) is 6.87. The molecule has 0 N–H and O–H groups in total. The van der Waals surface area contributed by atoms with Gasteiger partial charge in [-0.05, 0) is 23.7 Å². The summed E-state index contributed by atoms with van der Waals surface area (Å²) in [6.07, 6.45) is 8.37. The molecule has 0 nitrogen and oxygen atoms in total. The van der Waals surface area contributed by atoms with Crippen molar-refractivity contribution in [3.8, 4) is 0 Å². The van der Waals surface area contributed by atoms with E-state index >= 15 is 0 Å². The van der Waals surface area contributed by atoms with E-state index in [2.05, 4.69) is 41.5 Å². The third kappa shape index (κ3) is 8.96. The maximum absolute atomic E-state index is 2.43. The van der Waals surface area contributed by atoms with Crippen LogP contribution in [0, 0.1) is 17.3 Å². The summed E-state index contributed by atoms with van der Waals surface area (Å²) in [5.41, 5.74) is 0.520. The highest BCUT2D eigenvalue weighted by atomic mass is 14.2. The van der Waals surface area contributed by atoms with E-state index in [9.17, 15) is 0 Å². The second-order valence-electron chi connectivity index (χ2n) is 6.55. The SMILES string of the molecule is CCCCC(C)C(C)CCCC(C)(C)C. The molecule has 0 radical (unpaired) electrons. The number of hydrogen-bond donors (Lipinski definition) is 0. The van der Waals surface area contributed by atoms with Crippen LogP contribution in [-0.4, -0.2) is 0 Å². The lowest BCUT2D eigenvalue weighted by atomic mass is 9.83. The Morgan fingerprint density at radius 2 is 1.33 bits per heavy atom. The zero-order chi connectivity index (χ0) is 11.9. The molecule has 0 aromatic rings. The fourth-order valence-electron chi connectivity index (χ4n) is 2.05. The smallest absolute Gasteiger partial charge is 0.0383 e. The monoisotopic (exact) mass is 212 g/mol. The Labute approximate surface area is 97.8 Å². The van der Waals surface area contributed by atoms with Crippen molar-refractivity contribution in [3.63, 3.8) is 0 Å². The van der Waals surface area contributed by atoms with Crippen molar-refractivity contribution in [2.45, 2.75) is 80.1 Å². The van der Waals surface area contributed by atoms with Crippen LogP contribution in [-0.2, 0) is 0 Å². The minimum Gasteiger partial charge on any atom is -0.0654 e. The molecule has 0 aromatic carbocycles. The molecular weight excluding hydrogens is 180 g/mol. The summed E-state index contributed by atoms with van der Waals surface area (Å²) in [4.78, 5) is 0. The van der Waals surface area contributed by atoms with Crippen LogP contribution >= 0.6 is 0 Å². The van der Waals surface area contributed by atoms with Gasteiger partial charge in [0.25, 0.3) is 0 Å². The van der Waals surface area contributed by atoms with Crippen molar-refractivity contribution in [2.24, 2.45) is 17.3 Å². The van der Waals surface area contributed by atoms with Gasteiger partial charge < -0.3 is 0 Å². The summed E-state index contributed by atoms with van der Waals surface area (Å²) in [6.45, 7) is 14.2. The molecule has 0 spiro atoms. The average Bonchev–Trinajstić information content (AvgIpc) is 2.11. The highest BCUT2D eigenvalue weighted by Crippen LogP contribution is 2.27. The molecule has 0 aromatic heterocycles. The van der Waals surface area contributed by atoms with Gasteiger partial charge in [-0.15, -0.1) is 0 Å². The molecule has 0 saturated carbocycles. The summed E-state index contributed by atoms with van der Waals surface area (Å²) in [5, 5.41) is 0. The van der Waals surface area contributed by atoms with E-state index < -0.39 is 0 Å². The van der Waals surface area contributed by atoms with Crippen molar-refractivity contribution in [1.82, 2.24) is 0 Å². The van der Waals surface area contributed by atoms with Crippen LogP contribution in [0.5, 0.6) is 0 Å². The Balaban J connectivity index is 3.59. The van der Waals surface area contributed by atoms with E-state index in [0.717, 1.165) is 11.8 Å². The van der Waals surface area contributed by atoms with Gasteiger partial charge in [-0.1, -0.05) is 73.6 Å². The first-order valence-corrected chi connectivity index (χ1v) is 6.87. The molecule has 0 saturated heterocycles. The predicted molar refractivity (Wildman–Crippen MR) is 71.2 cm³/mol. The Bertz CT molecular complexity index is 141. The summed E-state index contributed by atoms with van der Waals surface area (Å²) in [6, 6.07) is 0. The first kappa shape index (κ1) is 15.0. The molecule has 0 heterocycles. The van der Waals surface area contributed by atoms with E-state index in [-0.39, 0.29) is 0 Å². The van der Waals surface area contributed by atoms with Crippen molar-refractivity contribution >= 4 is 0 Å². The van der Waals surface area contributed by atoms with Crippen LogP contribution < -0.4 is 0 Å². The van der Waals surface area contributed by atoms with Crippen molar-refractivity contribution < 1.29 is 0 Å². The molecule has 0 aliphatic rings. The summed E-state index contributed by atoms with van der Waals surface area (Å²) in [7, 11) is 0. The van der Waals surface area contributed by atoms with Crippen LogP contribution in [0.25, 0.3) is 0 Å². The molecular formula is C15H32. The van der Waals surface area contributed by atoms with Crippen LogP contribution in [0.4, 0.5) is 0 Å². The molecule has 92 valence electrons. The summed E-state index contributed by atoms with van der Waals surface area (Å²) >= 11 is 0. The largest absolute Gasteiger partial charge is 0.0654 e. The summed E-state index contributed by atoms with van der Waals surface area (Å²) < 4.78 is 0. The first-order valence-electron chi connectivity index (χ1n) is 6.87. The zero-order valence-corrected chi connectivity index (χ0v) is 11.9. The molecule has 2 unspecified atom stereocenters. The predicted octanol–water partition coefficient (Wildman–Crippen LogP) is 5.67. The van der Waals surface area contributed by atoms with Crippen molar-refractivity contribution in [1.29, 1.82) is 0 Å². The van der Waals surface area contributed by atoms with E-state index in [1.807, 2.05) is 0 Å². The molecule has 15 heavy (non-hydrogen) atoms. The van der Waals surface area contributed by atoms with Crippen LogP contribution in [0.15, 0.2) is 0 Å². The van der Waals surface area contributed by atoms with Gasteiger partial charge in [0.2, 0.25) is 0 Å². The van der Waals surface area contributed by atoms with Gasteiger partial charge in [-0.3, -0.25) is 0 Å². The highest BCUT2D eigenvalue weighted by molar-refractivity contribution is 4.66. The lowest BCUT2D eigenvalue weighted by molar-refractivity contribution is 0.293. The number of rotatable bonds is 7. The number of hydrogen-bond acceptors (Lipinski definition) is 0. The van der Waals surface area contributed by atoms with Gasteiger partial charge in [0.1, 0.15) is 0 Å². The maximum Gasteiger partial charge on any atom is -0.0383 e.